The van der Waals surface area contributed by atoms with Gasteiger partial charge in [-0.25, -0.2) is 4.39 Å². The van der Waals surface area contributed by atoms with Gasteiger partial charge in [0.05, 0.1) is 5.92 Å². The number of halogens is 1. The molecule has 0 radical (unpaired) electrons. The predicted molar refractivity (Wildman–Crippen MR) is 115 cm³/mol. The Morgan fingerprint density at radius 1 is 1.03 bits per heavy atom. The molecule has 0 unspecified atom stereocenters. The lowest BCUT2D eigenvalue weighted by atomic mass is 9.96. The Morgan fingerprint density at radius 3 is 2.23 bits per heavy atom. The molecular formula is C24H27FN2O4. The minimum absolute atomic E-state index is 0.185. The zero-order valence-electron chi connectivity index (χ0n) is 17.8. The summed E-state index contributed by atoms with van der Waals surface area (Å²) < 4.78 is 18.2. The number of nitrogens with one attached hydrogen (secondary N) is 1. The van der Waals surface area contributed by atoms with Crippen LogP contribution in [0.1, 0.15) is 48.5 Å². The number of piperidine rings is 1. The summed E-state index contributed by atoms with van der Waals surface area (Å²) in [5.41, 5.74) is 2.24. The SMILES string of the molecule is CC(C)c1ccc(NC(=O)COC(=O)C2CCN(C(=O)c3ccc(F)cc3)CC2)cc1. The number of hydrogen-bond acceptors (Lipinski definition) is 4. The van der Waals surface area contributed by atoms with Gasteiger partial charge in [0.15, 0.2) is 6.61 Å². The molecule has 0 atom stereocenters. The molecule has 2 aromatic carbocycles. The fourth-order valence-electron chi connectivity index (χ4n) is 3.50. The molecule has 0 aromatic heterocycles. The highest BCUT2D eigenvalue weighted by atomic mass is 19.1. The number of anilines is 1. The monoisotopic (exact) mass is 426 g/mol. The number of esters is 1. The van der Waals surface area contributed by atoms with Crippen LogP contribution in [0.25, 0.3) is 0 Å². The van der Waals surface area contributed by atoms with E-state index in [0.717, 1.165) is 0 Å². The zero-order valence-corrected chi connectivity index (χ0v) is 17.8. The van der Waals surface area contributed by atoms with E-state index in [-0.39, 0.29) is 18.4 Å². The lowest BCUT2D eigenvalue weighted by Crippen LogP contribution is -2.41. The summed E-state index contributed by atoms with van der Waals surface area (Å²) >= 11 is 0. The molecule has 1 saturated heterocycles. The molecule has 1 N–H and O–H groups in total. The van der Waals surface area contributed by atoms with Crippen molar-refractivity contribution in [1.82, 2.24) is 4.90 Å². The van der Waals surface area contributed by atoms with E-state index >= 15 is 0 Å². The number of ether oxygens (including phenoxy) is 1. The van der Waals surface area contributed by atoms with Crippen LogP contribution in [0.4, 0.5) is 10.1 Å². The van der Waals surface area contributed by atoms with Crippen LogP contribution >= 0.6 is 0 Å². The Morgan fingerprint density at radius 2 is 1.65 bits per heavy atom. The van der Waals surface area contributed by atoms with Crippen molar-refractivity contribution in [1.29, 1.82) is 0 Å². The van der Waals surface area contributed by atoms with Crippen LogP contribution < -0.4 is 5.32 Å². The number of hydrogen-bond donors (Lipinski definition) is 1. The van der Waals surface area contributed by atoms with Gasteiger partial charge < -0.3 is 15.0 Å². The van der Waals surface area contributed by atoms with Crippen LogP contribution in [-0.4, -0.2) is 42.4 Å². The molecule has 31 heavy (non-hydrogen) atoms. The van der Waals surface area contributed by atoms with Gasteiger partial charge in [-0.15, -0.1) is 0 Å². The van der Waals surface area contributed by atoms with Gasteiger partial charge >= 0.3 is 5.97 Å². The van der Waals surface area contributed by atoms with Crippen molar-refractivity contribution in [2.24, 2.45) is 5.92 Å². The van der Waals surface area contributed by atoms with Crippen LogP contribution in [0.3, 0.4) is 0 Å². The molecule has 6 nitrogen and oxygen atoms in total. The molecule has 2 amide bonds. The third-order valence-electron chi connectivity index (χ3n) is 5.41. The standard InChI is InChI=1S/C24H27FN2O4/c1-16(2)17-5-9-21(10-6-17)26-22(28)15-31-24(30)19-11-13-27(14-12-19)23(29)18-3-7-20(25)8-4-18/h3-10,16,19H,11-15H2,1-2H3,(H,26,28). The summed E-state index contributed by atoms with van der Waals surface area (Å²) in [7, 11) is 0. The number of carbonyl (C=O) groups is 3. The highest BCUT2D eigenvalue weighted by Crippen LogP contribution is 2.21. The van der Waals surface area contributed by atoms with Crippen LogP contribution in [0.5, 0.6) is 0 Å². The average molecular weight is 426 g/mol. The lowest BCUT2D eigenvalue weighted by molar-refractivity contribution is -0.152. The van der Waals surface area contributed by atoms with E-state index in [4.69, 9.17) is 4.74 Å². The van der Waals surface area contributed by atoms with Crippen molar-refractivity contribution in [3.63, 3.8) is 0 Å². The van der Waals surface area contributed by atoms with Gasteiger partial charge in [0.2, 0.25) is 0 Å². The fraction of sp³-hybridized carbons (Fsp3) is 0.375. The first kappa shape index (κ1) is 22.5. The Hall–Kier alpha value is -3.22. The molecule has 2 aromatic rings. The van der Waals surface area contributed by atoms with E-state index in [1.165, 1.54) is 29.8 Å². The second kappa shape index (κ2) is 10.2. The second-order valence-electron chi connectivity index (χ2n) is 8.01. The van der Waals surface area contributed by atoms with Gasteiger partial charge in [0, 0.05) is 24.3 Å². The van der Waals surface area contributed by atoms with Crippen LogP contribution in [-0.2, 0) is 14.3 Å². The van der Waals surface area contributed by atoms with E-state index in [1.54, 1.807) is 4.90 Å². The largest absolute Gasteiger partial charge is 0.455 e. The molecule has 1 aliphatic heterocycles. The van der Waals surface area contributed by atoms with Crippen molar-refractivity contribution in [2.45, 2.75) is 32.6 Å². The van der Waals surface area contributed by atoms with Crippen LogP contribution in [0.15, 0.2) is 48.5 Å². The number of nitrogens with zero attached hydrogens (tertiary/aromatic N) is 1. The third-order valence-corrected chi connectivity index (χ3v) is 5.41. The molecule has 0 aliphatic carbocycles. The Balaban J connectivity index is 1.41. The van der Waals surface area contributed by atoms with E-state index in [1.807, 2.05) is 24.3 Å². The first-order valence-electron chi connectivity index (χ1n) is 10.4. The summed E-state index contributed by atoms with van der Waals surface area (Å²) in [6, 6.07) is 13.0. The van der Waals surface area contributed by atoms with E-state index in [9.17, 15) is 18.8 Å². The smallest absolute Gasteiger partial charge is 0.309 e. The van der Waals surface area contributed by atoms with E-state index in [0.29, 0.717) is 43.1 Å². The maximum atomic E-state index is 13.0. The molecule has 0 saturated carbocycles. The van der Waals surface area contributed by atoms with Crippen molar-refractivity contribution in [2.75, 3.05) is 25.0 Å². The number of amides is 2. The molecule has 3 rings (SSSR count). The average Bonchev–Trinajstić information content (AvgIpc) is 2.78. The third kappa shape index (κ3) is 6.13. The molecule has 164 valence electrons. The second-order valence-corrected chi connectivity index (χ2v) is 8.01. The number of likely N-dealkylation sites (tertiary alicyclic amines) is 1. The van der Waals surface area contributed by atoms with Crippen LogP contribution in [0.2, 0.25) is 0 Å². The minimum Gasteiger partial charge on any atom is -0.455 e. The first-order chi connectivity index (χ1) is 14.8. The number of rotatable bonds is 6. The molecule has 1 fully saturated rings. The molecule has 1 heterocycles. The molecule has 0 spiro atoms. The molecule has 1 aliphatic rings. The molecule has 7 heteroatoms. The highest BCUT2D eigenvalue weighted by molar-refractivity contribution is 5.94. The van der Waals surface area contributed by atoms with E-state index in [2.05, 4.69) is 19.2 Å². The lowest BCUT2D eigenvalue weighted by Gasteiger charge is -2.31. The van der Waals surface area contributed by atoms with E-state index < -0.39 is 17.7 Å². The maximum Gasteiger partial charge on any atom is 0.309 e. The van der Waals surface area contributed by atoms with Gasteiger partial charge in [0.25, 0.3) is 11.8 Å². The summed E-state index contributed by atoms with van der Waals surface area (Å²) in [6.45, 7) is 4.65. The Bertz CT molecular complexity index is 918. The highest BCUT2D eigenvalue weighted by Gasteiger charge is 2.29. The normalized spacial score (nSPS) is 14.4. The molecule has 0 bridgehead atoms. The van der Waals surface area contributed by atoms with Crippen molar-refractivity contribution in [3.05, 3.63) is 65.5 Å². The van der Waals surface area contributed by atoms with Gasteiger partial charge in [-0.2, -0.15) is 0 Å². The summed E-state index contributed by atoms with van der Waals surface area (Å²) in [4.78, 5) is 38.5. The summed E-state index contributed by atoms with van der Waals surface area (Å²) in [6.07, 6.45) is 0.925. The number of benzene rings is 2. The zero-order chi connectivity index (χ0) is 22.4. The minimum atomic E-state index is -0.431. The van der Waals surface area contributed by atoms with Gasteiger partial charge in [0.1, 0.15) is 5.82 Å². The maximum absolute atomic E-state index is 13.0. The number of carbonyl (C=O) groups excluding carboxylic acids is 3. The van der Waals surface area contributed by atoms with Crippen LogP contribution in [0, 0.1) is 11.7 Å². The van der Waals surface area contributed by atoms with Gasteiger partial charge in [-0.1, -0.05) is 26.0 Å². The summed E-state index contributed by atoms with van der Waals surface area (Å²) in [5, 5.41) is 2.71. The Labute approximate surface area is 181 Å². The Kier molecular flexibility index (Phi) is 7.39. The quantitative estimate of drug-likeness (QED) is 0.709. The first-order valence-corrected chi connectivity index (χ1v) is 10.4. The summed E-state index contributed by atoms with van der Waals surface area (Å²) in [5.74, 6) is -1.35. The molecular weight excluding hydrogens is 399 g/mol. The van der Waals surface area contributed by atoms with Gasteiger partial charge in [-0.3, -0.25) is 14.4 Å². The van der Waals surface area contributed by atoms with Crippen molar-refractivity contribution < 1.29 is 23.5 Å². The van der Waals surface area contributed by atoms with Gasteiger partial charge in [-0.05, 0) is 60.7 Å². The van der Waals surface area contributed by atoms with Crippen molar-refractivity contribution in [3.8, 4) is 0 Å². The van der Waals surface area contributed by atoms with Crippen molar-refractivity contribution >= 4 is 23.5 Å². The predicted octanol–water partition coefficient (Wildman–Crippen LogP) is 3.98. The topological polar surface area (TPSA) is 75.7 Å². The fourth-order valence-corrected chi connectivity index (χ4v) is 3.50.